The first kappa shape index (κ1) is 14.8. The molecule has 0 aliphatic rings. The zero-order valence-corrected chi connectivity index (χ0v) is 12.0. The lowest BCUT2D eigenvalue weighted by molar-refractivity contribution is 0.0918. The zero-order chi connectivity index (χ0) is 15.1. The molecule has 1 amide bonds. The molecule has 0 saturated carbocycles. The number of carbonyl (C=O) groups excluding carboxylic acids is 1. The first-order chi connectivity index (χ1) is 10.2. The fourth-order valence-electron chi connectivity index (χ4n) is 1.69. The molecule has 2 heterocycles. The maximum atomic E-state index is 11.6. The number of amides is 1. The van der Waals surface area contributed by atoms with E-state index in [1.807, 2.05) is 19.9 Å². The van der Waals surface area contributed by atoms with Gasteiger partial charge in [0, 0.05) is 37.5 Å². The van der Waals surface area contributed by atoms with Crippen LogP contribution in [0.3, 0.4) is 0 Å². The van der Waals surface area contributed by atoms with Crippen LogP contribution in [0.5, 0.6) is 0 Å². The van der Waals surface area contributed by atoms with Gasteiger partial charge in [-0.25, -0.2) is 4.98 Å². The van der Waals surface area contributed by atoms with Gasteiger partial charge in [-0.05, 0) is 13.8 Å². The Balaban J connectivity index is 1.79. The molecule has 0 spiro atoms. The molecule has 0 radical (unpaired) electrons. The lowest BCUT2D eigenvalue weighted by Gasteiger charge is -2.09. The number of hydrogen-bond acceptors (Lipinski definition) is 7. The molecule has 0 bridgehead atoms. The highest BCUT2D eigenvalue weighted by Crippen LogP contribution is 2.08. The third-order valence-corrected chi connectivity index (χ3v) is 2.57. The Hall–Kier alpha value is -2.64. The Kier molecular flexibility index (Phi) is 5.08. The minimum Gasteiger partial charge on any atom is -0.370 e. The van der Waals surface area contributed by atoms with Gasteiger partial charge in [-0.15, -0.1) is 0 Å². The van der Waals surface area contributed by atoms with Crippen LogP contribution in [0.25, 0.3) is 0 Å². The molecule has 0 saturated heterocycles. The van der Waals surface area contributed by atoms with Crippen molar-refractivity contribution in [2.24, 2.45) is 0 Å². The summed E-state index contributed by atoms with van der Waals surface area (Å²) in [4.78, 5) is 20.2. The highest BCUT2D eigenvalue weighted by molar-refractivity contribution is 5.91. The fraction of sp³-hybridized carbons (Fsp3) is 0.385. The minimum absolute atomic E-state index is 0.191. The van der Waals surface area contributed by atoms with Crippen molar-refractivity contribution >= 4 is 17.7 Å². The summed E-state index contributed by atoms with van der Waals surface area (Å²) >= 11 is 0. The topological polar surface area (TPSA) is 105 Å². The number of aromatic nitrogens is 3. The lowest BCUT2D eigenvalue weighted by atomic mass is 10.4. The van der Waals surface area contributed by atoms with Crippen LogP contribution in [0.1, 0.15) is 23.2 Å². The molecular weight excluding hydrogens is 272 g/mol. The first-order valence-corrected chi connectivity index (χ1v) is 6.71. The second-order valence-corrected chi connectivity index (χ2v) is 4.31. The largest absolute Gasteiger partial charge is 0.370 e. The smallest absolute Gasteiger partial charge is 0.289 e. The number of nitrogens with one attached hydrogen (secondary N) is 3. The van der Waals surface area contributed by atoms with Gasteiger partial charge in [-0.2, -0.15) is 4.98 Å². The highest BCUT2D eigenvalue weighted by atomic mass is 16.5. The van der Waals surface area contributed by atoms with Crippen molar-refractivity contribution < 1.29 is 9.32 Å². The summed E-state index contributed by atoms with van der Waals surface area (Å²) in [6.07, 6.45) is 1.43. The number of aryl methyl sites for hydroxylation is 1. The van der Waals surface area contributed by atoms with Crippen molar-refractivity contribution in [3.63, 3.8) is 0 Å². The van der Waals surface area contributed by atoms with Crippen molar-refractivity contribution in [3.05, 3.63) is 29.8 Å². The lowest BCUT2D eigenvalue weighted by Crippen LogP contribution is -2.28. The van der Waals surface area contributed by atoms with Crippen molar-refractivity contribution in [2.75, 3.05) is 30.3 Å². The monoisotopic (exact) mass is 290 g/mol. The van der Waals surface area contributed by atoms with E-state index >= 15 is 0 Å². The van der Waals surface area contributed by atoms with Gasteiger partial charge in [0.2, 0.25) is 11.7 Å². The van der Waals surface area contributed by atoms with Gasteiger partial charge in [0.05, 0.1) is 6.20 Å². The maximum Gasteiger partial charge on any atom is 0.289 e. The summed E-state index contributed by atoms with van der Waals surface area (Å²) in [5, 5.41) is 12.4. The fourth-order valence-corrected chi connectivity index (χ4v) is 1.69. The second kappa shape index (κ2) is 7.22. The van der Waals surface area contributed by atoms with Crippen LogP contribution >= 0.6 is 0 Å². The summed E-state index contributed by atoms with van der Waals surface area (Å²) in [7, 11) is 0. The van der Waals surface area contributed by atoms with E-state index in [-0.39, 0.29) is 11.7 Å². The molecule has 8 heteroatoms. The minimum atomic E-state index is -0.298. The number of hydrogen-bond donors (Lipinski definition) is 3. The molecule has 0 unspecified atom stereocenters. The molecule has 0 atom stereocenters. The van der Waals surface area contributed by atoms with Gasteiger partial charge >= 0.3 is 0 Å². The SMILES string of the molecule is CCNc1cc(C)nc(NCCNC(=O)c2ccno2)n1. The van der Waals surface area contributed by atoms with Crippen LogP contribution < -0.4 is 16.0 Å². The summed E-state index contributed by atoms with van der Waals surface area (Å²) in [5.41, 5.74) is 0.870. The quantitative estimate of drug-likeness (QED) is 0.654. The van der Waals surface area contributed by atoms with E-state index in [1.165, 1.54) is 12.3 Å². The van der Waals surface area contributed by atoms with E-state index < -0.39 is 0 Å². The van der Waals surface area contributed by atoms with Gasteiger partial charge in [0.15, 0.2) is 0 Å². The van der Waals surface area contributed by atoms with Crippen LogP contribution in [0, 0.1) is 6.92 Å². The van der Waals surface area contributed by atoms with Crippen molar-refractivity contribution in [3.8, 4) is 0 Å². The predicted molar refractivity (Wildman–Crippen MR) is 78.3 cm³/mol. The van der Waals surface area contributed by atoms with Gasteiger partial charge < -0.3 is 20.5 Å². The normalized spacial score (nSPS) is 10.2. The molecule has 8 nitrogen and oxygen atoms in total. The Morgan fingerprint density at radius 3 is 2.86 bits per heavy atom. The standard InChI is InChI=1S/C13H18N6O2/c1-3-14-11-8-9(2)18-13(19-11)16-7-6-15-12(20)10-4-5-17-21-10/h4-5,8H,3,6-7H2,1-2H3,(H,15,20)(H2,14,16,18,19). The van der Waals surface area contributed by atoms with E-state index in [2.05, 4.69) is 31.1 Å². The number of nitrogens with zero attached hydrogens (tertiary/aromatic N) is 3. The molecule has 3 N–H and O–H groups in total. The average molecular weight is 290 g/mol. The molecule has 0 fully saturated rings. The van der Waals surface area contributed by atoms with Crippen molar-refractivity contribution in [1.82, 2.24) is 20.4 Å². The molecule has 2 aromatic rings. The van der Waals surface area contributed by atoms with Crippen LogP contribution in [0.2, 0.25) is 0 Å². The van der Waals surface area contributed by atoms with E-state index in [0.29, 0.717) is 19.0 Å². The molecule has 0 aromatic carbocycles. The summed E-state index contributed by atoms with van der Waals surface area (Å²) in [6, 6.07) is 3.38. The van der Waals surface area contributed by atoms with Crippen molar-refractivity contribution in [1.29, 1.82) is 0 Å². The van der Waals surface area contributed by atoms with Gasteiger partial charge in [-0.3, -0.25) is 4.79 Å². The molecule has 0 aliphatic carbocycles. The highest BCUT2D eigenvalue weighted by Gasteiger charge is 2.08. The Morgan fingerprint density at radius 1 is 1.29 bits per heavy atom. The second-order valence-electron chi connectivity index (χ2n) is 4.31. The van der Waals surface area contributed by atoms with E-state index in [9.17, 15) is 4.79 Å². The first-order valence-electron chi connectivity index (χ1n) is 6.71. The van der Waals surface area contributed by atoms with Gasteiger partial charge in [0.25, 0.3) is 5.91 Å². The molecule has 21 heavy (non-hydrogen) atoms. The van der Waals surface area contributed by atoms with Crippen LogP contribution in [-0.4, -0.2) is 40.7 Å². The van der Waals surface area contributed by atoms with Crippen LogP contribution in [0.4, 0.5) is 11.8 Å². The van der Waals surface area contributed by atoms with E-state index in [0.717, 1.165) is 18.1 Å². The predicted octanol–water partition coefficient (Wildman–Crippen LogP) is 1.05. The van der Waals surface area contributed by atoms with Gasteiger partial charge in [-0.1, -0.05) is 5.16 Å². The molecule has 0 aliphatic heterocycles. The van der Waals surface area contributed by atoms with E-state index in [4.69, 9.17) is 4.52 Å². The third kappa shape index (κ3) is 4.44. The molecule has 2 rings (SSSR count). The number of rotatable bonds is 7. The molecule has 2 aromatic heterocycles. The molecular formula is C13H18N6O2. The Labute approximate surface area is 122 Å². The van der Waals surface area contributed by atoms with Crippen molar-refractivity contribution in [2.45, 2.75) is 13.8 Å². The third-order valence-electron chi connectivity index (χ3n) is 2.57. The van der Waals surface area contributed by atoms with E-state index in [1.54, 1.807) is 0 Å². The molecule has 112 valence electrons. The van der Waals surface area contributed by atoms with Crippen LogP contribution in [0.15, 0.2) is 22.9 Å². The van der Waals surface area contributed by atoms with Gasteiger partial charge in [0.1, 0.15) is 5.82 Å². The summed E-state index contributed by atoms with van der Waals surface area (Å²) in [6.45, 7) is 5.63. The Morgan fingerprint density at radius 2 is 2.14 bits per heavy atom. The summed E-state index contributed by atoms with van der Waals surface area (Å²) < 4.78 is 4.75. The number of anilines is 2. The zero-order valence-electron chi connectivity index (χ0n) is 12.0. The van der Waals surface area contributed by atoms with Crippen LogP contribution in [-0.2, 0) is 0 Å². The Bertz CT molecular complexity index is 584. The maximum absolute atomic E-state index is 11.6. The summed E-state index contributed by atoms with van der Waals surface area (Å²) in [5.74, 6) is 1.20. The number of carbonyl (C=O) groups is 1. The average Bonchev–Trinajstić information content (AvgIpc) is 2.97.